The van der Waals surface area contributed by atoms with Crippen LogP contribution in [0.4, 0.5) is 0 Å². The molecule has 0 spiro atoms. The van der Waals surface area contributed by atoms with Crippen LogP contribution < -0.4 is 0 Å². The van der Waals surface area contributed by atoms with Gasteiger partial charge in [-0.25, -0.2) is 0 Å². The minimum atomic E-state index is 1.06. The molecule has 0 heterocycles. The van der Waals surface area contributed by atoms with E-state index in [1.54, 1.807) is 6.08 Å². The highest BCUT2D eigenvalue weighted by Crippen LogP contribution is 2.07. The molecule has 0 amide bonds. The normalized spacial score (nSPS) is 11.7. The molecule has 0 N–H and O–H groups in total. The first-order chi connectivity index (χ1) is 7.26. The molecule has 0 atom stereocenters. The van der Waals surface area contributed by atoms with Crippen molar-refractivity contribution in [1.82, 2.24) is 0 Å². The Balaban J connectivity index is 2.80. The molecule has 1 rings (SSSR count). The van der Waals surface area contributed by atoms with Crippen molar-refractivity contribution in [2.24, 2.45) is 0 Å². The van der Waals surface area contributed by atoms with E-state index in [9.17, 15) is 0 Å². The van der Waals surface area contributed by atoms with Gasteiger partial charge < -0.3 is 0 Å². The Hall–Kier alpha value is -1.82. The largest absolute Gasteiger partial charge is 0.0990 e. The summed E-state index contributed by atoms with van der Waals surface area (Å²) in [6.45, 7) is 9.48. The Morgan fingerprint density at radius 3 is 2.33 bits per heavy atom. The fraction of sp³-hybridized carbons (Fsp3) is 0.0667. The van der Waals surface area contributed by atoms with Crippen LogP contribution in [0.2, 0.25) is 0 Å². The Morgan fingerprint density at radius 1 is 1.13 bits per heavy atom. The van der Waals surface area contributed by atoms with Gasteiger partial charge in [-0.3, -0.25) is 0 Å². The standard InChI is InChI=1S/C15H16/c1-4-6-14(5-2)11-12-15-9-7-13(3)8-10-15/h4-12H,1-2H2,3H3/b12-11+,14-6+. The van der Waals surface area contributed by atoms with Gasteiger partial charge >= 0.3 is 0 Å². The second-order valence-electron chi connectivity index (χ2n) is 3.35. The summed E-state index contributed by atoms with van der Waals surface area (Å²) in [6, 6.07) is 8.40. The van der Waals surface area contributed by atoms with Gasteiger partial charge in [-0.05, 0) is 18.1 Å². The van der Waals surface area contributed by atoms with E-state index in [0.29, 0.717) is 0 Å². The zero-order chi connectivity index (χ0) is 11.1. The van der Waals surface area contributed by atoms with Gasteiger partial charge in [0.05, 0.1) is 0 Å². The molecule has 15 heavy (non-hydrogen) atoms. The minimum absolute atomic E-state index is 1.06. The third-order valence-corrected chi connectivity index (χ3v) is 2.09. The molecule has 0 fully saturated rings. The van der Waals surface area contributed by atoms with E-state index < -0.39 is 0 Å². The third kappa shape index (κ3) is 3.82. The molecule has 0 radical (unpaired) electrons. The van der Waals surface area contributed by atoms with Gasteiger partial charge in [0.1, 0.15) is 0 Å². The predicted octanol–water partition coefficient (Wildman–Crippen LogP) is 4.31. The average molecular weight is 196 g/mol. The summed E-state index contributed by atoms with van der Waals surface area (Å²) in [4.78, 5) is 0. The third-order valence-electron chi connectivity index (χ3n) is 2.09. The molecule has 76 valence electrons. The molecule has 0 aliphatic rings. The number of aryl methyl sites for hydroxylation is 1. The van der Waals surface area contributed by atoms with E-state index in [1.165, 1.54) is 11.1 Å². The van der Waals surface area contributed by atoms with Gasteiger partial charge in [-0.2, -0.15) is 0 Å². The van der Waals surface area contributed by atoms with E-state index in [4.69, 9.17) is 0 Å². The highest BCUT2D eigenvalue weighted by Gasteiger charge is 1.87. The molecule has 0 saturated carbocycles. The fourth-order valence-corrected chi connectivity index (χ4v) is 1.20. The zero-order valence-corrected chi connectivity index (χ0v) is 9.11. The molecule has 1 aromatic carbocycles. The van der Waals surface area contributed by atoms with Crippen molar-refractivity contribution in [2.75, 3.05) is 0 Å². The molecule has 0 aromatic heterocycles. The smallest absolute Gasteiger partial charge is 0.0256 e. The van der Waals surface area contributed by atoms with Crippen LogP contribution in [0.3, 0.4) is 0 Å². The van der Waals surface area contributed by atoms with Crippen LogP contribution in [-0.2, 0) is 0 Å². The van der Waals surface area contributed by atoms with Gasteiger partial charge in [0.15, 0.2) is 0 Å². The van der Waals surface area contributed by atoms with E-state index in [-0.39, 0.29) is 0 Å². The molecule has 0 saturated heterocycles. The van der Waals surface area contributed by atoms with E-state index >= 15 is 0 Å². The molecule has 1 aromatic rings. The lowest BCUT2D eigenvalue weighted by Gasteiger charge is -1.95. The van der Waals surface area contributed by atoms with Crippen LogP contribution in [-0.4, -0.2) is 0 Å². The van der Waals surface area contributed by atoms with Crippen molar-refractivity contribution >= 4 is 6.08 Å². The molecule has 0 bridgehead atoms. The van der Waals surface area contributed by atoms with Crippen molar-refractivity contribution in [3.8, 4) is 0 Å². The van der Waals surface area contributed by atoms with Gasteiger partial charge in [0.2, 0.25) is 0 Å². The molecular weight excluding hydrogens is 180 g/mol. The number of benzene rings is 1. The summed E-state index contributed by atoms with van der Waals surface area (Å²) >= 11 is 0. The first-order valence-corrected chi connectivity index (χ1v) is 4.96. The lowest BCUT2D eigenvalue weighted by Crippen LogP contribution is -1.74. The van der Waals surface area contributed by atoms with Crippen LogP contribution in [0.15, 0.2) is 67.3 Å². The molecule has 0 aliphatic heterocycles. The maximum absolute atomic E-state index is 3.74. The highest BCUT2D eigenvalue weighted by molar-refractivity contribution is 5.55. The number of hydrogen-bond acceptors (Lipinski definition) is 0. The summed E-state index contributed by atoms with van der Waals surface area (Å²) in [5, 5.41) is 0. The van der Waals surface area contributed by atoms with E-state index in [0.717, 1.165) is 5.57 Å². The summed E-state index contributed by atoms with van der Waals surface area (Å²) in [5.41, 5.74) is 3.53. The van der Waals surface area contributed by atoms with Gasteiger partial charge in [-0.15, -0.1) is 0 Å². The highest BCUT2D eigenvalue weighted by atomic mass is 13.9. The Labute approximate surface area is 92.0 Å². The Morgan fingerprint density at radius 2 is 1.80 bits per heavy atom. The summed E-state index contributed by atoms with van der Waals surface area (Å²) in [5.74, 6) is 0. The van der Waals surface area contributed by atoms with Crippen LogP contribution >= 0.6 is 0 Å². The van der Waals surface area contributed by atoms with Gasteiger partial charge in [0.25, 0.3) is 0 Å². The van der Waals surface area contributed by atoms with Crippen LogP contribution in [0, 0.1) is 6.92 Å². The number of allylic oxidation sites excluding steroid dienone is 5. The van der Waals surface area contributed by atoms with E-state index in [2.05, 4.69) is 50.4 Å². The molecule has 0 aliphatic carbocycles. The molecule has 0 heteroatoms. The van der Waals surface area contributed by atoms with E-state index in [1.807, 2.05) is 18.2 Å². The predicted molar refractivity (Wildman–Crippen MR) is 68.7 cm³/mol. The minimum Gasteiger partial charge on any atom is -0.0990 e. The molecular formula is C15H16. The molecule has 0 unspecified atom stereocenters. The Kier molecular flexibility index (Phi) is 4.36. The monoisotopic (exact) mass is 196 g/mol. The van der Waals surface area contributed by atoms with Gasteiger partial charge in [0, 0.05) is 0 Å². The number of hydrogen-bond donors (Lipinski definition) is 0. The van der Waals surface area contributed by atoms with Crippen LogP contribution in [0.5, 0.6) is 0 Å². The van der Waals surface area contributed by atoms with Crippen molar-refractivity contribution in [1.29, 1.82) is 0 Å². The first-order valence-electron chi connectivity index (χ1n) is 4.96. The first kappa shape index (κ1) is 11.3. The summed E-state index contributed by atoms with van der Waals surface area (Å²) < 4.78 is 0. The van der Waals surface area contributed by atoms with Crippen LogP contribution in [0.25, 0.3) is 6.08 Å². The van der Waals surface area contributed by atoms with Gasteiger partial charge in [-0.1, -0.05) is 73.4 Å². The molecule has 0 nitrogen and oxygen atoms in total. The maximum Gasteiger partial charge on any atom is -0.0256 e. The Bertz CT molecular complexity index is 389. The maximum atomic E-state index is 3.74. The van der Waals surface area contributed by atoms with Crippen molar-refractivity contribution in [3.63, 3.8) is 0 Å². The average Bonchev–Trinajstić information content (AvgIpc) is 2.26. The lowest BCUT2D eigenvalue weighted by atomic mass is 10.1. The quantitative estimate of drug-likeness (QED) is 0.629. The topological polar surface area (TPSA) is 0 Å². The SMILES string of the molecule is C=C/C=C(C=C)/C=C/c1ccc(C)cc1. The summed E-state index contributed by atoms with van der Waals surface area (Å²) in [6.07, 6.45) is 9.59. The fourth-order valence-electron chi connectivity index (χ4n) is 1.20. The second-order valence-corrected chi connectivity index (χ2v) is 3.35. The van der Waals surface area contributed by atoms with Crippen LogP contribution in [0.1, 0.15) is 11.1 Å². The van der Waals surface area contributed by atoms with Crippen molar-refractivity contribution in [3.05, 3.63) is 78.4 Å². The lowest BCUT2D eigenvalue weighted by molar-refractivity contribution is 1.46. The zero-order valence-electron chi connectivity index (χ0n) is 9.11. The van der Waals surface area contributed by atoms with Crippen molar-refractivity contribution < 1.29 is 0 Å². The second kappa shape index (κ2) is 5.82. The van der Waals surface area contributed by atoms with Crippen molar-refractivity contribution in [2.45, 2.75) is 6.92 Å². The number of rotatable bonds is 4. The summed E-state index contributed by atoms with van der Waals surface area (Å²) in [7, 11) is 0.